The fourth-order valence-corrected chi connectivity index (χ4v) is 1.51. The van der Waals surface area contributed by atoms with Gasteiger partial charge in [-0.3, -0.25) is 0 Å². The lowest BCUT2D eigenvalue weighted by molar-refractivity contribution is -0.151. The summed E-state index contributed by atoms with van der Waals surface area (Å²) < 4.78 is 41.8. The van der Waals surface area contributed by atoms with Gasteiger partial charge in [0.1, 0.15) is 0 Å². The molecule has 18 heavy (non-hydrogen) atoms. The maximum Gasteiger partial charge on any atom is 0.416 e. The first-order chi connectivity index (χ1) is 8.27. The maximum atomic E-state index is 12.5. The number of carbonyl (C=O) groups is 1. The van der Waals surface area contributed by atoms with Crippen molar-refractivity contribution in [3.8, 4) is 0 Å². The first kappa shape index (κ1) is 14.5. The van der Waals surface area contributed by atoms with Gasteiger partial charge in [0.25, 0.3) is 0 Å². The third kappa shape index (κ3) is 3.22. The highest BCUT2D eigenvalue weighted by molar-refractivity contribution is 5.75. The SMILES string of the molecule is COC(=O)C(O)C(C)c1cccc(C(F)(F)F)c1. The third-order valence-electron chi connectivity index (χ3n) is 2.66. The number of hydrogen-bond acceptors (Lipinski definition) is 3. The first-order valence-corrected chi connectivity index (χ1v) is 5.20. The predicted molar refractivity (Wildman–Crippen MR) is 57.9 cm³/mol. The van der Waals surface area contributed by atoms with Crippen LogP contribution in [0.25, 0.3) is 0 Å². The van der Waals surface area contributed by atoms with E-state index in [0.29, 0.717) is 0 Å². The van der Waals surface area contributed by atoms with Crippen LogP contribution in [-0.4, -0.2) is 24.3 Å². The molecule has 0 spiro atoms. The van der Waals surface area contributed by atoms with Crippen LogP contribution in [0.5, 0.6) is 0 Å². The molecule has 0 aliphatic rings. The zero-order valence-corrected chi connectivity index (χ0v) is 9.86. The molecular weight excluding hydrogens is 249 g/mol. The number of ether oxygens (including phenoxy) is 1. The van der Waals surface area contributed by atoms with E-state index >= 15 is 0 Å². The van der Waals surface area contributed by atoms with Crippen LogP contribution in [0.15, 0.2) is 24.3 Å². The van der Waals surface area contributed by atoms with Crippen molar-refractivity contribution in [3.05, 3.63) is 35.4 Å². The van der Waals surface area contributed by atoms with Crippen LogP contribution in [-0.2, 0) is 15.7 Å². The second kappa shape index (κ2) is 5.39. The number of aliphatic hydroxyl groups is 1. The minimum atomic E-state index is -4.45. The summed E-state index contributed by atoms with van der Waals surface area (Å²) >= 11 is 0. The minimum absolute atomic E-state index is 0.225. The number of esters is 1. The van der Waals surface area contributed by atoms with Gasteiger partial charge in [-0.25, -0.2) is 4.79 Å². The summed E-state index contributed by atoms with van der Waals surface area (Å²) in [6.07, 6.45) is -5.94. The van der Waals surface area contributed by atoms with Gasteiger partial charge in [-0.05, 0) is 11.6 Å². The molecule has 6 heteroatoms. The molecule has 0 saturated carbocycles. The van der Waals surface area contributed by atoms with Gasteiger partial charge in [-0.15, -0.1) is 0 Å². The van der Waals surface area contributed by atoms with Crippen LogP contribution in [0.1, 0.15) is 24.0 Å². The van der Waals surface area contributed by atoms with Crippen molar-refractivity contribution in [3.63, 3.8) is 0 Å². The lowest BCUT2D eigenvalue weighted by atomic mass is 9.94. The number of rotatable bonds is 3. The van der Waals surface area contributed by atoms with Gasteiger partial charge in [0.05, 0.1) is 12.7 Å². The largest absolute Gasteiger partial charge is 0.467 e. The molecular formula is C12H13F3O3. The lowest BCUT2D eigenvalue weighted by Gasteiger charge is -2.18. The topological polar surface area (TPSA) is 46.5 Å². The average Bonchev–Trinajstić information content (AvgIpc) is 2.35. The molecule has 1 aromatic carbocycles. The summed E-state index contributed by atoms with van der Waals surface area (Å²) in [5.74, 6) is -1.65. The Morgan fingerprint density at radius 3 is 2.50 bits per heavy atom. The Hall–Kier alpha value is -1.56. The molecule has 1 aromatic rings. The van der Waals surface area contributed by atoms with E-state index in [1.54, 1.807) is 0 Å². The van der Waals surface area contributed by atoms with Gasteiger partial charge in [0, 0.05) is 5.92 Å². The Morgan fingerprint density at radius 1 is 1.39 bits per heavy atom. The van der Waals surface area contributed by atoms with Gasteiger partial charge >= 0.3 is 12.1 Å². The quantitative estimate of drug-likeness (QED) is 0.850. The van der Waals surface area contributed by atoms with E-state index < -0.39 is 29.7 Å². The molecule has 0 aliphatic heterocycles. The van der Waals surface area contributed by atoms with Gasteiger partial charge in [-0.1, -0.05) is 25.1 Å². The zero-order chi connectivity index (χ0) is 13.9. The van der Waals surface area contributed by atoms with E-state index in [9.17, 15) is 23.1 Å². The number of halogens is 3. The Kier molecular flexibility index (Phi) is 4.34. The highest BCUT2D eigenvalue weighted by Crippen LogP contribution is 2.31. The standard InChI is InChI=1S/C12H13F3O3/c1-7(10(16)11(17)18-2)8-4-3-5-9(6-8)12(13,14)15/h3-7,10,16H,1-2H3. The summed E-state index contributed by atoms with van der Waals surface area (Å²) in [7, 11) is 1.10. The van der Waals surface area contributed by atoms with Gasteiger partial charge in [0.15, 0.2) is 6.10 Å². The Morgan fingerprint density at radius 2 is 2.00 bits per heavy atom. The second-order valence-corrected chi connectivity index (χ2v) is 3.88. The fourth-order valence-electron chi connectivity index (χ4n) is 1.51. The molecule has 1 N–H and O–H groups in total. The second-order valence-electron chi connectivity index (χ2n) is 3.88. The summed E-state index contributed by atoms with van der Waals surface area (Å²) in [5, 5.41) is 9.58. The molecule has 3 nitrogen and oxygen atoms in total. The van der Waals surface area contributed by atoms with Crippen molar-refractivity contribution in [2.75, 3.05) is 7.11 Å². The number of aliphatic hydroxyl groups excluding tert-OH is 1. The lowest BCUT2D eigenvalue weighted by Crippen LogP contribution is -2.27. The molecule has 100 valence electrons. The molecule has 0 radical (unpaired) electrons. The van der Waals surface area contributed by atoms with Crippen molar-refractivity contribution in [1.82, 2.24) is 0 Å². The van der Waals surface area contributed by atoms with E-state index in [-0.39, 0.29) is 5.56 Å². The molecule has 0 aromatic heterocycles. The summed E-state index contributed by atoms with van der Waals surface area (Å²) in [5.41, 5.74) is -0.591. The molecule has 0 aliphatic carbocycles. The van der Waals surface area contributed by atoms with Crippen molar-refractivity contribution in [1.29, 1.82) is 0 Å². The fraction of sp³-hybridized carbons (Fsp3) is 0.417. The minimum Gasteiger partial charge on any atom is -0.467 e. The molecule has 0 saturated heterocycles. The maximum absolute atomic E-state index is 12.5. The number of hydrogen-bond donors (Lipinski definition) is 1. The van der Waals surface area contributed by atoms with Gasteiger partial charge in [0.2, 0.25) is 0 Å². The zero-order valence-electron chi connectivity index (χ0n) is 9.86. The van der Waals surface area contributed by atoms with Crippen LogP contribution in [0.4, 0.5) is 13.2 Å². The van der Waals surface area contributed by atoms with Crippen LogP contribution in [0.3, 0.4) is 0 Å². The summed E-state index contributed by atoms with van der Waals surface area (Å²) in [4.78, 5) is 11.1. The average molecular weight is 262 g/mol. The van der Waals surface area contributed by atoms with E-state index in [1.807, 2.05) is 0 Å². The number of alkyl halides is 3. The third-order valence-corrected chi connectivity index (χ3v) is 2.66. The van der Waals surface area contributed by atoms with Gasteiger partial charge < -0.3 is 9.84 Å². The van der Waals surface area contributed by atoms with Crippen molar-refractivity contribution >= 4 is 5.97 Å². The van der Waals surface area contributed by atoms with Gasteiger partial charge in [-0.2, -0.15) is 13.2 Å². The Balaban J connectivity index is 3.00. The van der Waals surface area contributed by atoms with Crippen LogP contribution >= 0.6 is 0 Å². The Bertz CT molecular complexity index is 429. The monoisotopic (exact) mass is 262 g/mol. The van der Waals surface area contributed by atoms with E-state index in [0.717, 1.165) is 19.2 Å². The predicted octanol–water partition coefficient (Wildman–Crippen LogP) is 2.34. The molecule has 0 bridgehead atoms. The smallest absolute Gasteiger partial charge is 0.416 e. The van der Waals surface area contributed by atoms with Crippen LogP contribution in [0, 0.1) is 0 Å². The van der Waals surface area contributed by atoms with Crippen LogP contribution in [0.2, 0.25) is 0 Å². The molecule has 0 amide bonds. The summed E-state index contributed by atoms with van der Waals surface area (Å²) in [6.45, 7) is 1.46. The molecule has 2 unspecified atom stereocenters. The normalized spacial score (nSPS) is 15.0. The van der Waals surface area contributed by atoms with E-state index in [1.165, 1.54) is 19.1 Å². The van der Waals surface area contributed by atoms with Crippen LogP contribution < -0.4 is 0 Å². The highest BCUT2D eigenvalue weighted by Gasteiger charge is 2.32. The number of benzene rings is 1. The van der Waals surface area contributed by atoms with E-state index in [4.69, 9.17) is 0 Å². The molecule has 1 rings (SSSR count). The van der Waals surface area contributed by atoms with Crippen molar-refractivity contribution in [2.24, 2.45) is 0 Å². The van der Waals surface area contributed by atoms with Crippen molar-refractivity contribution < 1.29 is 27.8 Å². The highest BCUT2D eigenvalue weighted by atomic mass is 19.4. The summed E-state index contributed by atoms with van der Waals surface area (Å²) in [6, 6.07) is 4.50. The molecule has 0 fully saturated rings. The van der Waals surface area contributed by atoms with Crippen molar-refractivity contribution in [2.45, 2.75) is 25.1 Å². The number of carbonyl (C=O) groups excluding carboxylic acids is 1. The Labute approximate surface area is 102 Å². The molecule has 0 heterocycles. The molecule has 2 atom stereocenters. The first-order valence-electron chi connectivity index (χ1n) is 5.20. The number of methoxy groups -OCH3 is 1. The van der Waals surface area contributed by atoms with E-state index in [2.05, 4.69) is 4.74 Å².